The fourth-order valence-corrected chi connectivity index (χ4v) is 4.10. The van der Waals surface area contributed by atoms with Gasteiger partial charge < -0.3 is 9.80 Å². The fourth-order valence-electron chi connectivity index (χ4n) is 4.10. The van der Waals surface area contributed by atoms with Crippen LogP contribution in [0.4, 0.5) is 0 Å². The molecule has 4 nitrogen and oxygen atoms in total. The number of rotatable bonds is 2. The van der Waals surface area contributed by atoms with Gasteiger partial charge in [-0.2, -0.15) is 0 Å². The maximum absolute atomic E-state index is 13.5. The van der Waals surface area contributed by atoms with Gasteiger partial charge in [-0.15, -0.1) is 0 Å². The van der Waals surface area contributed by atoms with Gasteiger partial charge in [-0.05, 0) is 42.1 Å². The molecule has 0 radical (unpaired) electrons. The second-order valence-electron chi connectivity index (χ2n) is 6.94. The number of aryl methyl sites for hydroxylation is 2. The first kappa shape index (κ1) is 16.3. The molecule has 1 aromatic carbocycles. The molecule has 1 fully saturated rings. The average molecular weight is 335 g/mol. The van der Waals surface area contributed by atoms with Crippen molar-refractivity contribution in [2.45, 2.75) is 25.7 Å². The monoisotopic (exact) mass is 335 g/mol. The lowest BCUT2D eigenvalue weighted by molar-refractivity contribution is -0.133. The van der Waals surface area contributed by atoms with Crippen LogP contribution in [0.2, 0.25) is 0 Å². The van der Waals surface area contributed by atoms with E-state index in [4.69, 9.17) is 0 Å². The van der Waals surface area contributed by atoms with Crippen LogP contribution in [0, 0.1) is 0 Å². The summed E-state index contributed by atoms with van der Waals surface area (Å²) in [6.45, 7) is 6.79. The first-order valence-electron chi connectivity index (χ1n) is 9.30. The normalized spacial score (nSPS) is 20.5. The van der Waals surface area contributed by atoms with Crippen LogP contribution in [-0.2, 0) is 17.6 Å². The summed E-state index contributed by atoms with van der Waals surface area (Å²) in [6, 6.07) is 12.5. The summed E-state index contributed by atoms with van der Waals surface area (Å²) in [5.41, 5.74) is 4.59. The molecule has 0 bridgehead atoms. The summed E-state index contributed by atoms with van der Waals surface area (Å²) >= 11 is 0. The topological polar surface area (TPSA) is 36.4 Å². The molecular formula is C21H25N3O. The van der Waals surface area contributed by atoms with Gasteiger partial charge in [0.1, 0.15) is 5.92 Å². The molecule has 1 amide bonds. The zero-order valence-corrected chi connectivity index (χ0v) is 14.8. The van der Waals surface area contributed by atoms with E-state index >= 15 is 0 Å². The van der Waals surface area contributed by atoms with Crippen LogP contribution in [-0.4, -0.2) is 53.4 Å². The minimum atomic E-state index is -0.261. The lowest BCUT2D eigenvalue weighted by Crippen LogP contribution is -2.50. The Labute approximate surface area is 149 Å². The molecule has 2 aliphatic rings. The zero-order valence-electron chi connectivity index (χ0n) is 14.8. The van der Waals surface area contributed by atoms with Gasteiger partial charge in [0.2, 0.25) is 5.91 Å². The van der Waals surface area contributed by atoms with E-state index in [2.05, 4.69) is 41.1 Å². The maximum atomic E-state index is 13.5. The lowest BCUT2D eigenvalue weighted by Gasteiger charge is -2.36. The third kappa shape index (κ3) is 3.07. The summed E-state index contributed by atoms with van der Waals surface area (Å²) in [6.07, 6.45) is 3.75. The fraction of sp³-hybridized carbons (Fsp3) is 0.429. The predicted molar refractivity (Wildman–Crippen MR) is 98.6 cm³/mol. The van der Waals surface area contributed by atoms with E-state index in [0.717, 1.165) is 56.8 Å². The molecule has 4 rings (SSSR count). The number of hydrogen-bond acceptors (Lipinski definition) is 3. The third-order valence-corrected chi connectivity index (χ3v) is 5.61. The number of aromatic nitrogens is 1. The van der Waals surface area contributed by atoms with E-state index in [9.17, 15) is 4.79 Å². The highest BCUT2D eigenvalue weighted by molar-refractivity contribution is 5.88. The standard InChI is InChI=1S/C21H25N3O/c1-2-23-12-14-24(15-13-23)21(25)19-18-8-4-3-6-16(18)9-10-17-7-5-11-22-20(17)19/h3-8,11,19H,2,9-10,12-15H2,1H3. The Morgan fingerprint density at radius 2 is 1.76 bits per heavy atom. The molecule has 1 atom stereocenters. The minimum Gasteiger partial charge on any atom is -0.339 e. The number of nitrogens with zero attached hydrogens (tertiary/aromatic N) is 3. The van der Waals surface area contributed by atoms with Crippen LogP contribution in [0.25, 0.3) is 0 Å². The molecule has 0 N–H and O–H groups in total. The van der Waals surface area contributed by atoms with Crippen LogP contribution in [0.5, 0.6) is 0 Å². The van der Waals surface area contributed by atoms with Crippen LogP contribution in [0.1, 0.15) is 35.2 Å². The van der Waals surface area contributed by atoms with Crippen molar-refractivity contribution in [3.05, 3.63) is 65.0 Å². The van der Waals surface area contributed by atoms with Crippen molar-refractivity contribution in [2.75, 3.05) is 32.7 Å². The Balaban J connectivity index is 1.71. The van der Waals surface area contributed by atoms with E-state index < -0.39 is 0 Å². The Kier molecular flexibility index (Phi) is 4.53. The Bertz CT molecular complexity index is 718. The van der Waals surface area contributed by atoms with Crippen molar-refractivity contribution >= 4 is 5.91 Å². The van der Waals surface area contributed by atoms with Gasteiger partial charge in [-0.25, -0.2) is 0 Å². The van der Waals surface area contributed by atoms with Crippen molar-refractivity contribution < 1.29 is 4.79 Å². The quantitative estimate of drug-likeness (QED) is 0.846. The lowest BCUT2D eigenvalue weighted by atomic mass is 9.90. The molecule has 2 aromatic rings. The molecule has 1 aliphatic carbocycles. The Morgan fingerprint density at radius 1 is 1.04 bits per heavy atom. The van der Waals surface area contributed by atoms with Gasteiger partial charge in [0.15, 0.2) is 0 Å². The predicted octanol–water partition coefficient (Wildman–Crippen LogP) is 2.48. The van der Waals surface area contributed by atoms with Crippen molar-refractivity contribution in [3.63, 3.8) is 0 Å². The number of benzene rings is 1. The molecule has 130 valence electrons. The number of pyridine rings is 1. The second kappa shape index (κ2) is 6.96. The molecule has 25 heavy (non-hydrogen) atoms. The van der Waals surface area contributed by atoms with Crippen molar-refractivity contribution in [1.29, 1.82) is 0 Å². The van der Waals surface area contributed by atoms with Crippen LogP contribution in [0.3, 0.4) is 0 Å². The van der Waals surface area contributed by atoms with E-state index in [-0.39, 0.29) is 11.8 Å². The van der Waals surface area contributed by atoms with Crippen molar-refractivity contribution in [3.8, 4) is 0 Å². The molecular weight excluding hydrogens is 310 g/mol. The highest BCUT2D eigenvalue weighted by Gasteiger charge is 2.34. The number of fused-ring (bicyclic) bond motifs is 2. The third-order valence-electron chi connectivity index (χ3n) is 5.61. The van der Waals surface area contributed by atoms with E-state index in [1.165, 1.54) is 11.1 Å². The molecule has 1 unspecified atom stereocenters. The van der Waals surface area contributed by atoms with Gasteiger partial charge in [-0.1, -0.05) is 37.3 Å². The number of likely N-dealkylation sites (N-methyl/N-ethyl adjacent to an activating group) is 1. The Hall–Kier alpha value is -2.20. The highest BCUT2D eigenvalue weighted by atomic mass is 16.2. The molecule has 0 saturated carbocycles. The first-order valence-corrected chi connectivity index (χ1v) is 9.30. The van der Waals surface area contributed by atoms with Gasteiger partial charge in [0, 0.05) is 32.4 Å². The molecule has 2 heterocycles. The smallest absolute Gasteiger partial charge is 0.236 e. The highest BCUT2D eigenvalue weighted by Crippen LogP contribution is 2.34. The van der Waals surface area contributed by atoms with Crippen LogP contribution >= 0.6 is 0 Å². The van der Waals surface area contributed by atoms with Crippen molar-refractivity contribution in [2.24, 2.45) is 0 Å². The zero-order chi connectivity index (χ0) is 17.2. The van der Waals surface area contributed by atoms with Gasteiger partial charge in [0.05, 0.1) is 5.69 Å². The van der Waals surface area contributed by atoms with E-state index in [0.29, 0.717) is 0 Å². The number of carbonyl (C=O) groups excluding carboxylic acids is 1. The number of piperazine rings is 1. The number of carbonyl (C=O) groups is 1. The average Bonchev–Trinajstić information content (AvgIpc) is 2.84. The van der Waals surface area contributed by atoms with Crippen LogP contribution in [0.15, 0.2) is 42.6 Å². The summed E-state index contributed by atoms with van der Waals surface area (Å²) in [5.74, 6) is -0.0480. The van der Waals surface area contributed by atoms with Gasteiger partial charge in [0.25, 0.3) is 0 Å². The summed E-state index contributed by atoms with van der Waals surface area (Å²) in [4.78, 5) is 22.6. The number of amides is 1. The molecule has 1 saturated heterocycles. The SMILES string of the molecule is CCN1CCN(C(=O)C2c3ccccc3CCc3cccnc32)CC1. The van der Waals surface area contributed by atoms with Gasteiger partial charge >= 0.3 is 0 Å². The minimum absolute atomic E-state index is 0.213. The molecule has 4 heteroatoms. The van der Waals surface area contributed by atoms with E-state index in [1.807, 2.05) is 23.2 Å². The maximum Gasteiger partial charge on any atom is 0.236 e. The Morgan fingerprint density at radius 3 is 2.56 bits per heavy atom. The van der Waals surface area contributed by atoms with Crippen molar-refractivity contribution in [1.82, 2.24) is 14.8 Å². The summed E-state index contributed by atoms with van der Waals surface area (Å²) < 4.78 is 0. The largest absolute Gasteiger partial charge is 0.339 e. The first-order chi connectivity index (χ1) is 12.3. The van der Waals surface area contributed by atoms with Crippen LogP contribution < -0.4 is 0 Å². The summed E-state index contributed by atoms with van der Waals surface area (Å²) in [5, 5.41) is 0. The van der Waals surface area contributed by atoms with Gasteiger partial charge in [-0.3, -0.25) is 9.78 Å². The molecule has 1 aliphatic heterocycles. The number of hydrogen-bond donors (Lipinski definition) is 0. The van der Waals surface area contributed by atoms with E-state index in [1.54, 1.807) is 0 Å². The second-order valence-corrected chi connectivity index (χ2v) is 6.94. The molecule has 1 aromatic heterocycles. The summed E-state index contributed by atoms with van der Waals surface area (Å²) in [7, 11) is 0. The molecule has 0 spiro atoms.